The number of aromatic nitrogens is 2. The van der Waals surface area contributed by atoms with E-state index >= 15 is 0 Å². The van der Waals surface area contributed by atoms with E-state index in [1.54, 1.807) is 11.6 Å². The lowest BCUT2D eigenvalue weighted by Crippen LogP contribution is -2.09. The van der Waals surface area contributed by atoms with Crippen LogP contribution in [0.15, 0.2) is 54.2 Å². The number of carbonyl (C=O) groups excluding carboxylic acids is 1. The smallest absolute Gasteiger partial charge is 0.249 e. The van der Waals surface area contributed by atoms with Crippen LogP contribution >= 0.6 is 11.3 Å². The highest BCUT2D eigenvalue weighted by atomic mass is 32.1. The lowest BCUT2D eigenvalue weighted by molar-refractivity contribution is 0.100. The average Bonchev–Trinajstić information content (AvgIpc) is 3.17. The summed E-state index contributed by atoms with van der Waals surface area (Å²) >= 11 is 1.52. The SMILES string of the molecule is NC(=O)c1csc(CNc2ccc(-n3cccn3)cc2)c1. The Bertz CT molecular complexity index is 731. The first kappa shape index (κ1) is 13.4. The number of anilines is 1. The van der Waals surface area contributed by atoms with Gasteiger partial charge in [-0.05, 0) is 36.4 Å². The van der Waals surface area contributed by atoms with Crippen LogP contribution in [0.1, 0.15) is 15.2 Å². The van der Waals surface area contributed by atoms with Crippen molar-refractivity contribution in [3.8, 4) is 5.69 Å². The molecule has 106 valence electrons. The summed E-state index contributed by atoms with van der Waals surface area (Å²) in [6.45, 7) is 0.666. The van der Waals surface area contributed by atoms with Gasteiger partial charge in [-0.2, -0.15) is 5.10 Å². The Kier molecular flexibility index (Phi) is 3.70. The third-order valence-corrected chi connectivity index (χ3v) is 3.98. The van der Waals surface area contributed by atoms with Crippen LogP contribution in [0.2, 0.25) is 0 Å². The molecule has 5 nitrogen and oxygen atoms in total. The molecule has 0 radical (unpaired) electrons. The molecule has 0 aliphatic heterocycles. The van der Waals surface area contributed by atoms with Crippen molar-refractivity contribution in [1.82, 2.24) is 9.78 Å². The Morgan fingerprint density at radius 3 is 2.76 bits per heavy atom. The average molecular weight is 298 g/mol. The van der Waals surface area contributed by atoms with Crippen LogP contribution in [0.4, 0.5) is 5.69 Å². The van der Waals surface area contributed by atoms with Crippen molar-refractivity contribution in [2.75, 3.05) is 5.32 Å². The summed E-state index contributed by atoms with van der Waals surface area (Å²) in [6, 6.07) is 11.7. The minimum atomic E-state index is -0.388. The van der Waals surface area contributed by atoms with E-state index in [0.717, 1.165) is 16.3 Å². The molecule has 0 saturated heterocycles. The molecule has 21 heavy (non-hydrogen) atoms. The van der Waals surface area contributed by atoms with Crippen LogP contribution in [0.5, 0.6) is 0 Å². The number of rotatable bonds is 5. The van der Waals surface area contributed by atoms with E-state index in [-0.39, 0.29) is 5.91 Å². The molecule has 0 unspecified atom stereocenters. The largest absolute Gasteiger partial charge is 0.380 e. The summed E-state index contributed by atoms with van der Waals surface area (Å²) in [6.07, 6.45) is 3.65. The molecule has 0 spiro atoms. The Morgan fingerprint density at radius 1 is 1.33 bits per heavy atom. The first-order valence-corrected chi connectivity index (χ1v) is 7.31. The van der Waals surface area contributed by atoms with Gasteiger partial charge in [0.15, 0.2) is 0 Å². The number of hydrogen-bond donors (Lipinski definition) is 2. The Morgan fingerprint density at radius 2 is 2.14 bits per heavy atom. The monoisotopic (exact) mass is 298 g/mol. The van der Waals surface area contributed by atoms with Gasteiger partial charge in [-0.25, -0.2) is 4.68 Å². The normalized spacial score (nSPS) is 10.5. The van der Waals surface area contributed by atoms with Gasteiger partial charge in [0, 0.05) is 34.9 Å². The zero-order valence-corrected chi connectivity index (χ0v) is 12.0. The molecule has 3 N–H and O–H groups in total. The topological polar surface area (TPSA) is 72.9 Å². The predicted molar refractivity (Wildman–Crippen MR) is 83.7 cm³/mol. The Hall–Kier alpha value is -2.60. The zero-order chi connectivity index (χ0) is 14.7. The first-order chi connectivity index (χ1) is 10.2. The molecule has 0 fully saturated rings. The zero-order valence-electron chi connectivity index (χ0n) is 11.2. The highest BCUT2D eigenvalue weighted by Crippen LogP contribution is 2.17. The van der Waals surface area contributed by atoms with Crippen molar-refractivity contribution in [3.63, 3.8) is 0 Å². The van der Waals surface area contributed by atoms with E-state index in [0.29, 0.717) is 12.1 Å². The quantitative estimate of drug-likeness (QED) is 0.760. The molecule has 6 heteroatoms. The molecular weight excluding hydrogens is 284 g/mol. The molecule has 0 aliphatic rings. The second kappa shape index (κ2) is 5.80. The van der Waals surface area contributed by atoms with Gasteiger partial charge in [-0.3, -0.25) is 4.79 Å². The van der Waals surface area contributed by atoms with Crippen molar-refractivity contribution in [3.05, 3.63) is 64.6 Å². The lowest BCUT2D eigenvalue weighted by Gasteiger charge is -2.06. The van der Waals surface area contributed by atoms with Crippen molar-refractivity contribution in [2.45, 2.75) is 6.54 Å². The first-order valence-electron chi connectivity index (χ1n) is 6.43. The highest BCUT2D eigenvalue weighted by molar-refractivity contribution is 7.10. The van der Waals surface area contributed by atoms with Crippen LogP contribution in [-0.2, 0) is 6.54 Å². The standard InChI is InChI=1S/C15H14N4OS/c16-15(20)11-8-14(21-10-11)9-17-12-2-4-13(5-3-12)19-7-1-6-18-19/h1-8,10,17H,9H2,(H2,16,20). The molecule has 0 saturated carbocycles. The fraction of sp³-hybridized carbons (Fsp3) is 0.0667. The van der Waals surface area contributed by atoms with Gasteiger partial charge in [-0.15, -0.1) is 11.3 Å². The van der Waals surface area contributed by atoms with Gasteiger partial charge in [0.05, 0.1) is 11.3 Å². The lowest BCUT2D eigenvalue weighted by atomic mass is 10.2. The number of nitrogens with one attached hydrogen (secondary N) is 1. The van der Waals surface area contributed by atoms with Gasteiger partial charge in [0.1, 0.15) is 0 Å². The number of benzene rings is 1. The third kappa shape index (κ3) is 3.11. The van der Waals surface area contributed by atoms with E-state index in [2.05, 4.69) is 10.4 Å². The summed E-state index contributed by atoms with van der Waals surface area (Å²) in [5.41, 5.74) is 7.82. The molecule has 2 heterocycles. The van der Waals surface area contributed by atoms with E-state index in [1.165, 1.54) is 11.3 Å². The molecule has 1 amide bonds. The molecule has 3 aromatic rings. The molecule has 0 aliphatic carbocycles. The number of nitrogens with zero attached hydrogens (tertiary/aromatic N) is 2. The summed E-state index contributed by atoms with van der Waals surface area (Å²) < 4.78 is 1.81. The van der Waals surface area contributed by atoms with Gasteiger partial charge in [0.2, 0.25) is 5.91 Å². The van der Waals surface area contributed by atoms with Crippen LogP contribution in [0.25, 0.3) is 5.69 Å². The summed E-state index contributed by atoms with van der Waals surface area (Å²) in [5, 5.41) is 9.28. The third-order valence-electron chi connectivity index (χ3n) is 3.04. The van der Waals surface area contributed by atoms with Gasteiger partial charge in [-0.1, -0.05) is 0 Å². The van der Waals surface area contributed by atoms with E-state index < -0.39 is 0 Å². The molecule has 3 rings (SSSR count). The molecule has 1 aromatic carbocycles. The number of primary amides is 1. The van der Waals surface area contributed by atoms with Crippen LogP contribution in [0, 0.1) is 0 Å². The van der Waals surface area contributed by atoms with Crippen LogP contribution in [0.3, 0.4) is 0 Å². The molecular formula is C15H14N4OS. The maximum absolute atomic E-state index is 11.0. The number of thiophene rings is 1. The van der Waals surface area contributed by atoms with Crippen molar-refractivity contribution in [1.29, 1.82) is 0 Å². The fourth-order valence-electron chi connectivity index (χ4n) is 1.95. The summed E-state index contributed by atoms with van der Waals surface area (Å²) in [4.78, 5) is 12.1. The predicted octanol–water partition coefficient (Wildman–Crippen LogP) is 2.64. The number of hydrogen-bond acceptors (Lipinski definition) is 4. The highest BCUT2D eigenvalue weighted by Gasteiger charge is 2.04. The fourth-order valence-corrected chi connectivity index (χ4v) is 2.76. The maximum atomic E-state index is 11.0. The van der Waals surface area contributed by atoms with Gasteiger partial charge in [0.25, 0.3) is 0 Å². The van der Waals surface area contributed by atoms with Gasteiger partial charge < -0.3 is 11.1 Å². The second-order valence-electron chi connectivity index (χ2n) is 4.52. The number of carbonyl (C=O) groups is 1. The van der Waals surface area contributed by atoms with E-state index in [9.17, 15) is 4.79 Å². The van der Waals surface area contributed by atoms with Crippen LogP contribution < -0.4 is 11.1 Å². The van der Waals surface area contributed by atoms with Crippen molar-refractivity contribution in [2.24, 2.45) is 5.73 Å². The number of nitrogens with two attached hydrogens (primary N) is 1. The molecule has 0 atom stereocenters. The summed E-state index contributed by atoms with van der Waals surface area (Å²) in [7, 11) is 0. The number of amides is 1. The Balaban J connectivity index is 1.64. The maximum Gasteiger partial charge on any atom is 0.249 e. The van der Waals surface area contributed by atoms with Crippen molar-refractivity contribution < 1.29 is 4.79 Å². The second-order valence-corrected chi connectivity index (χ2v) is 5.51. The van der Waals surface area contributed by atoms with Crippen molar-refractivity contribution >= 4 is 22.9 Å². The minimum absolute atomic E-state index is 0.388. The van der Waals surface area contributed by atoms with E-state index in [1.807, 2.05) is 47.3 Å². The molecule has 0 bridgehead atoms. The van der Waals surface area contributed by atoms with E-state index in [4.69, 9.17) is 5.73 Å². The molecule has 2 aromatic heterocycles. The Labute approximate surface area is 126 Å². The summed E-state index contributed by atoms with van der Waals surface area (Å²) in [5.74, 6) is -0.388. The van der Waals surface area contributed by atoms with Crippen LogP contribution in [-0.4, -0.2) is 15.7 Å². The minimum Gasteiger partial charge on any atom is -0.380 e. The van der Waals surface area contributed by atoms with Gasteiger partial charge >= 0.3 is 0 Å².